The van der Waals surface area contributed by atoms with E-state index in [2.05, 4.69) is 52.8 Å². The van der Waals surface area contributed by atoms with Gasteiger partial charge in [0.05, 0.1) is 25.6 Å². The van der Waals surface area contributed by atoms with Gasteiger partial charge in [0.2, 0.25) is 0 Å². The van der Waals surface area contributed by atoms with Gasteiger partial charge in [0.25, 0.3) is 0 Å². The summed E-state index contributed by atoms with van der Waals surface area (Å²) in [6, 6.07) is 10.5. The van der Waals surface area contributed by atoms with Gasteiger partial charge in [-0.2, -0.15) is 0 Å². The molecule has 4 rings (SSSR count). The van der Waals surface area contributed by atoms with Crippen LogP contribution in [0.3, 0.4) is 0 Å². The number of methoxy groups -OCH3 is 2. The minimum absolute atomic E-state index is 0.123. The van der Waals surface area contributed by atoms with Crippen LogP contribution in [0, 0.1) is 0 Å². The Labute approximate surface area is 167 Å². The molecule has 0 fully saturated rings. The van der Waals surface area contributed by atoms with Crippen molar-refractivity contribution in [3.63, 3.8) is 0 Å². The average molecular weight is 377 g/mol. The molecule has 0 radical (unpaired) electrons. The lowest BCUT2D eigenvalue weighted by molar-refractivity contribution is 0.397. The van der Waals surface area contributed by atoms with Gasteiger partial charge in [0, 0.05) is 33.9 Å². The molecule has 2 aliphatic rings. The SMILES string of the molecule is COc1ccc2c(c1)N=C(C)C2(C)Cc1ccc2c(c1OC)C(C)(C)C(C)=N2. The number of fused-ring (bicyclic) bond motifs is 2. The number of rotatable bonds is 4. The van der Waals surface area contributed by atoms with Gasteiger partial charge in [0.15, 0.2) is 0 Å². The van der Waals surface area contributed by atoms with E-state index in [1.165, 1.54) is 16.7 Å². The molecule has 0 aromatic heterocycles. The van der Waals surface area contributed by atoms with E-state index in [1.54, 1.807) is 14.2 Å². The summed E-state index contributed by atoms with van der Waals surface area (Å²) in [6.45, 7) is 10.9. The van der Waals surface area contributed by atoms with Gasteiger partial charge in [0.1, 0.15) is 11.5 Å². The van der Waals surface area contributed by atoms with Crippen LogP contribution in [0.5, 0.6) is 11.5 Å². The molecular formula is C24H28N2O2. The molecule has 2 aromatic carbocycles. The Bertz CT molecular complexity index is 1030. The third kappa shape index (κ3) is 2.50. The van der Waals surface area contributed by atoms with E-state index in [9.17, 15) is 0 Å². The summed E-state index contributed by atoms with van der Waals surface area (Å²) < 4.78 is 11.3. The third-order valence-electron chi connectivity index (χ3n) is 6.67. The highest BCUT2D eigenvalue weighted by molar-refractivity contribution is 6.02. The van der Waals surface area contributed by atoms with E-state index in [4.69, 9.17) is 19.5 Å². The molecule has 0 spiro atoms. The van der Waals surface area contributed by atoms with E-state index in [0.717, 1.165) is 40.7 Å². The molecule has 4 nitrogen and oxygen atoms in total. The van der Waals surface area contributed by atoms with Crippen molar-refractivity contribution in [2.24, 2.45) is 9.98 Å². The predicted octanol–water partition coefficient (Wildman–Crippen LogP) is 5.69. The quantitative estimate of drug-likeness (QED) is 0.687. The van der Waals surface area contributed by atoms with E-state index < -0.39 is 0 Å². The van der Waals surface area contributed by atoms with Crippen molar-refractivity contribution in [1.29, 1.82) is 0 Å². The van der Waals surface area contributed by atoms with Crippen LogP contribution >= 0.6 is 0 Å². The van der Waals surface area contributed by atoms with Crippen LogP contribution in [0.25, 0.3) is 0 Å². The zero-order valence-corrected chi connectivity index (χ0v) is 17.8. The molecule has 0 aliphatic carbocycles. The first-order chi connectivity index (χ1) is 13.2. The second-order valence-corrected chi connectivity index (χ2v) is 8.56. The first-order valence-electron chi connectivity index (χ1n) is 9.72. The van der Waals surface area contributed by atoms with Crippen LogP contribution in [-0.2, 0) is 17.3 Å². The van der Waals surface area contributed by atoms with Crippen LogP contribution < -0.4 is 9.47 Å². The highest BCUT2D eigenvalue weighted by Gasteiger charge is 2.40. The molecule has 28 heavy (non-hydrogen) atoms. The Balaban J connectivity index is 1.80. The van der Waals surface area contributed by atoms with Crippen molar-refractivity contribution in [2.45, 2.75) is 51.9 Å². The van der Waals surface area contributed by atoms with Crippen molar-refractivity contribution < 1.29 is 9.47 Å². The zero-order valence-electron chi connectivity index (χ0n) is 17.8. The van der Waals surface area contributed by atoms with Crippen molar-refractivity contribution in [3.8, 4) is 11.5 Å². The van der Waals surface area contributed by atoms with Crippen LogP contribution in [0.4, 0.5) is 11.4 Å². The summed E-state index contributed by atoms with van der Waals surface area (Å²) in [5.74, 6) is 1.79. The maximum atomic E-state index is 5.95. The Hall–Kier alpha value is -2.62. The van der Waals surface area contributed by atoms with Crippen LogP contribution in [0.2, 0.25) is 0 Å². The fraction of sp³-hybridized carbons (Fsp3) is 0.417. The molecule has 0 saturated heterocycles. The van der Waals surface area contributed by atoms with E-state index in [1.807, 2.05) is 12.1 Å². The van der Waals surface area contributed by atoms with Gasteiger partial charge >= 0.3 is 0 Å². The number of benzene rings is 2. The van der Waals surface area contributed by atoms with Gasteiger partial charge in [-0.05, 0) is 50.5 Å². The fourth-order valence-corrected chi connectivity index (χ4v) is 4.49. The summed E-state index contributed by atoms with van der Waals surface area (Å²) in [5.41, 5.74) is 7.58. The standard InChI is InChI=1S/C24H28N2O2/c1-14-23(3,4)21-19(25-14)11-8-16(22(21)28-7)13-24(5)15(2)26-20-12-17(27-6)9-10-18(20)24/h8-12H,13H2,1-7H3. The molecule has 2 aromatic rings. The lowest BCUT2D eigenvalue weighted by Gasteiger charge is -2.29. The largest absolute Gasteiger partial charge is 0.497 e. The summed E-state index contributed by atoms with van der Waals surface area (Å²) in [4.78, 5) is 9.62. The third-order valence-corrected chi connectivity index (χ3v) is 6.67. The minimum atomic E-state index is -0.179. The van der Waals surface area contributed by atoms with E-state index >= 15 is 0 Å². The van der Waals surface area contributed by atoms with Crippen LogP contribution in [0.15, 0.2) is 40.3 Å². The lowest BCUT2D eigenvalue weighted by atomic mass is 9.73. The molecule has 0 amide bonds. The molecule has 2 heterocycles. The maximum Gasteiger partial charge on any atom is 0.128 e. The number of hydrogen-bond donors (Lipinski definition) is 0. The monoisotopic (exact) mass is 376 g/mol. The predicted molar refractivity (Wildman–Crippen MR) is 116 cm³/mol. The Kier molecular flexibility index (Phi) is 4.14. The molecule has 0 N–H and O–H groups in total. The fourth-order valence-electron chi connectivity index (χ4n) is 4.49. The molecule has 4 heteroatoms. The number of ether oxygens (including phenoxy) is 2. The van der Waals surface area contributed by atoms with Gasteiger partial charge in [-0.3, -0.25) is 9.98 Å². The van der Waals surface area contributed by atoms with Crippen molar-refractivity contribution in [3.05, 3.63) is 47.0 Å². The maximum absolute atomic E-state index is 5.95. The highest BCUT2D eigenvalue weighted by atomic mass is 16.5. The normalized spacial score (nSPS) is 21.7. The number of hydrogen-bond acceptors (Lipinski definition) is 4. The summed E-state index contributed by atoms with van der Waals surface area (Å²) in [5, 5.41) is 0. The average Bonchev–Trinajstić information content (AvgIpc) is 3.05. The molecular weight excluding hydrogens is 348 g/mol. The van der Waals surface area contributed by atoms with Gasteiger partial charge in [-0.1, -0.05) is 26.0 Å². The molecule has 0 bridgehead atoms. The second kappa shape index (κ2) is 6.20. The van der Waals surface area contributed by atoms with Crippen molar-refractivity contribution >= 4 is 22.8 Å². The molecule has 1 unspecified atom stereocenters. The van der Waals surface area contributed by atoms with E-state index in [0.29, 0.717) is 0 Å². The van der Waals surface area contributed by atoms with Crippen LogP contribution in [-0.4, -0.2) is 25.6 Å². The Morgan fingerprint density at radius 1 is 0.857 bits per heavy atom. The molecule has 1 atom stereocenters. The van der Waals surface area contributed by atoms with Gasteiger partial charge in [-0.15, -0.1) is 0 Å². The summed E-state index contributed by atoms with van der Waals surface area (Å²) >= 11 is 0. The van der Waals surface area contributed by atoms with Crippen LogP contribution in [0.1, 0.15) is 51.3 Å². The number of nitrogens with zero attached hydrogens (tertiary/aromatic N) is 2. The lowest BCUT2D eigenvalue weighted by Crippen LogP contribution is -2.31. The second-order valence-electron chi connectivity index (χ2n) is 8.56. The minimum Gasteiger partial charge on any atom is -0.497 e. The zero-order chi connectivity index (χ0) is 20.3. The molecule has 2 aliphatic heterocycles. The van der Waals surface area contributed by atoms with E-state index in [-0.39, 0.29) is 10.8 Å². The molecule has 0 saturated carbocycles. The van der Waals surface area contributed by atoms with Crippen molar-refractivity contribution in [2.75, 3.05) is 14.2 Å². The Morgan fingerprint density at radius 3 is 2.25 bits per heavy atom. The van der Waals surface area contributed by atoms with Crippen molar-refractivity contribution in [1.82, 2.24) is 0 Å². The number of aliphatic imine (C=N–C) groups is 2. The Morgan fingerprint density at radius 2 is 1.57 bits per heavy atom. The highest BCUT2D eigenvalue weighted by Crippen LogP contribution is 2.50. The molecule has 146 valence electrons. The first kappa shape index (κ1) is 18.7. The smallest absolute Gasteiger partial charge is 0.128 e. The topological polar surface area (TPSA) is 43.2 Å². The summed E-state index contributed by atoms with van der Waals surface area (Å²) in [6.07, 6.45) is 0.827. The summed E-state index contributed by atoms with van der Waals surface area (Å²) in [7, 11) is 3.45. The van der Waals surface area contributed by atoms with Gasteiger partial charge < -0.3 is 9.47 Å². The van der Waals surface area contributed by atoms with Gasteiger partial charge in [-0.25, -0.2) is 0 Å². The first-order valence-corrected chi connectivity index (χ1v) is 9.72.